The normalized spacial score (nSPS) is 13.9. The predicted molar refractivity (Wildman–Crippen MR) is 188 cm³/mol. The molecule has 8 heteroatoms. The van der Waals surface area contributed by atoms with Crippen molar-refractivity contribution in [3.8, 4) is 31.3 Å². The van der Waals surface area contributed by atoms with Gasteiger partial charge in [-0.1, -0.05) is 71.9 Å². The van der Waals surface area contributed by atoms with E-state index in [1.54, 1.807) is 11.3 Å². The summed E-state index contributed by atoms with van der Waals surface area (Å²) in [5, 5.41) is 0. The first-order valence-corrected chi connectivity index (χ1v) is 17.4. The van der Waals surface area contributed by atoms with Crippen molar-refractivity contribution in [3.63, 3.8) is 0 Å². The Hall–Kier alpha value is -4.14. The van der Waals surface area contributed by atoms with Gasteiger partial charge in [-0.25, -0.2) is 26.3 Å². The van der Waals surface area contributed by atoms with Gasteiger partial charge in [-0.15, -0.1) is 22.7 Å². The van der Waals surface area contributed by atoms with Crippen molar-refractivity contribution >= 4 is 22.7 Å². The van der Waals surface area contributed by atoms with E-state index < -0.39 is 45.7 Å². The Morgan fingerprint density at radius 3 is 1.53 bits per heavy atom. The quantitative estimate of drug-likeness (QED) is 0.120. The van der Waals surface area contributed by atoms with Gasteiger partial charge in [0.05, 0.1) is 0 Å². The Bertz CT molecular complexity index is 2240. The molecule has 1 aliphatic rings. The van der Waals surface area contributed by atoms with Crippen LogP contribution in [0.15, 0.2) is 84.9 Å². The largest absolute Gasteiger partial charge is 0.204 e. The minimum atomic E-state index is -1.47. The van der Waals surface area contributed by atoms with Crippen LogP contribution in [-0.2, 0) is 16.2 Å². The second kappa shape index (κ2) is 11.5. The van der Waals surface area contributed by atoms with Crippen LogP contribution in [0.5, 0.6) is 0 Å². The highest BCUT2D eigenvalue weighted by molar-refractivity contribution is 7.24. The van der Waals surface area contributed by atoms with Gasteiger partial charge in [-0.05, 0) is 99.1 Å². The molecule has 0 nitrogen and oxygen atoms in total. The summed E-state index contributed by atoms with van der Waals surface area (Å²) in [5.74, 6) is -7.76. The molecule has 0 atom stereocenters. The minimum absolute atomic E-state index is 0.354. The van der Waals surface area contributed by atoms with E-state index in [9.17, 15) is 26.3 Å². The molecule has 0 N–H and O–H groups in total. The molecule has 6 aromatic rings. The van der Waals surface area contributed by atoms with Crippen molar-refractivity contribution in [2.75, 3.05) is 0 Å². The third-order valence-corrected chi connectivity index (χ3v) is 12.9. The molecule has 0 spiro atoms. The Morgan fingerprint density at radius 2 is 0.939 bits per heavy atom. The number of halogens is 6. The molecule has 2 heterocycles. The van der Waals surface area contributed by atoms with Gasteiger partial charge in [-0.3, -0.25) is 0 Å². The average molecular weight is 703 g/mol. The lowest BCUT2D eigenvalue weighted by Crippen LogP contribution is -2.22. The van der Waals surface area contributed by atoms with Crippen LogP contribution in [0.2, 0.25) is 0 Å². The van der Waals surface area contributed by atoms with Crippen molar-refractivity contribution in [3.05, 3.63) is 153 Å². The Labute approximate surface area is 289 Å². The molecule has 0 unspecified atom stereocenters. The van der Waals surface area contributed by atoms with Crippen LogP contribution in [0.1, 0.15) is 74.2 Å². The van der Waals surface area contributed by atoms with Crippen molar-refractivity contribution in [2.24, 2.45) is 0 Å². The molecule has 49 heavy (non-hydrogen) atoms. The molecule has 250 valence electrons. The van der Waals surface area contributed by atoms with E-state index in [-0.39, 0.29) is 5.41 Å². The smallest absolute Gasteiger partial charge is 0.194 e. The summed E-state index contributed by atoms with van der Waals surface area (Å²) in [6.07, 6.45) is 0. The summed E-state index contributed by atoms with van der Waals surface area (Å²) in [7, 11) is 0. The van der Waals surface area contributed by atoms with Crippen LogP contribution < -0.4 is 0 Å². The predicted octanol–water partition coefficient (Wildman–Crippen LogP) is 12.9. The molecular weight excluding hydrogens is 671 g/mol. The molecule has 0 aliphatic heterocycles. The van der Waals surface area contributed by atoms with Crippen LogP contribution in [0.4, 0.5) is 26.3 Å². The van der Waals surface area contributed by atoms with Crippen LogP contribution in [0.3, 0.4) is 0 Å². The van der Waals surface area contributed by atoms with Gasteiger partial charge in [0.25, 0.3) is 0 Å². The van der Waals surface area contributed by atoms with Crippen molar-refractivity contribution < 1.29 is 26.3 Å². The van der Waals surface area contributed by atoms with Crippen molar-refractivity contribution in [1.29, 1.82) is 0 Å². The van der Waals surface area contributed by atoms with Gasteiger partial charge in [-0.2, -0.15) is 0 Å². The maximum Gasteiger partial charge on any atom is 0.194 e. The first-order chi connectivity index (χ1) is 23.0. The van der Waals surface area contributed by atoms with E-state index in [0.29, 0.717) is 11.1 Å². The fraction of sp³-hybridized carbons (Fsp3) is 0.220. The summed E-state index contributed by atoms with van der Waals surface area (Å²) in [5.41, 5.74) is 5.28. The number of thiophene rings is 2. The fourth-order valence-electron chi connectivity index (χ4n) is 6.85. The lowest BCUT2D eigenvalue weighted by atomic mass is 9.75. The van der Waals surface area contributed by atoms with Gasteiger partial charge in [0.15, 0.2) is 34.9 Å². The van der Waals surface area contributed by atoms with E-state index >= 15 is 0 Å². The average Bonchev–Trinajstić information content (AvgIpc) is 3.80. The van der Waals surface area contributed by atoms with E-state index in [2.05, 4.69) is 56.3 Å². The van der Waals surface area contributed by atoms with Gasteiger partial charge in [0, 0.05) is 35.8 Å². The first kappa shape index (κ1) is 33.4. The highest BCUT2D eigenvalue weighted by atomic mass is 32.1. The third kappa shape index (κ3) is 5.35. The third-order valence-electron chi connectivity index (χ3n) is 10.2. The van der Waals surface area contributed by atoms with Gasteiger partial charge in [0.2, 0.25) is 0 Å². The number of rotatable bonds is 6. The van der Waals surface area contributed by atoms with Crippen LogP contribution in [-0.4, -0.2) is 0 Å². The van der Waals surface area contributed by atoms with E-state index in [4.69, 9.17) is 0 Å². The zero-order valence-electron chi connectivity index (χ0n) is 27.7. The summed E-state index contributed by atoms with van der Waals surface area (Å²) in [6, 6.07) is 25.0. The minimum Gasteiger partial charge on any atom is -0.204 e. The first-order valence-electron chi connectivity index (χ1n) is 15.8. The van der Waals surface area contributed by atoms with Gasteiger partial charge in [0.1, 0.15) is 0 Å². The highest BCUT2D eigenvalue weighted by Crippen LogP contribution is 2.52. The Kier molecular flexibility index (Phi) is 7.80. The van der Waals surface area contributed by atoms with E-state index in [0.717, 1.165) is 71.6 Å². The van der Waals surface area contributed by atoms with E-state index in [1.807, 2.05) is 45.9 Å². The molecule has 0 amide bonds. The molecule has 0 fully saturated rings. The SMILES string of the molecule is CC(C)(c1cc(F)c(F)c(F)c1)c1ccc2c(c1)C(C)(C)c1cc(-c3ccc(-c4ccc(C(C)(C)c5cc(F)c(F)c(F)c5)s4)s3)ccc1-2. The number of hydrogen-bond donors (Lipinski definition) is 0. The molecule has 1 aliphatic carbocycles. The number of benzene rings is 4. The van der Waals surface area contributed by atoms with Crippen LogP contribution in [0, 0.1) is 34.9 Å². The lowest BCUT2D eigenvalue weighted by Gasteiger charge is -2.29. The second-order valence-electron chi connectivity index (χ2n) is 14.2. The molecule has 4 aromatic carbocycles. The van der Waals surface area contributed by atoms with Crippen LogP contribution in [0.25, 0.3) is 31.3 Å². The monoisotopic (exact) mass is 702 g/mol. The fourth-order valence-corrected chi connectivity index (χ4v) is 9.08. The van der Waals surface area contributed by atoms with Gasteiger partial charge >= 0.3 is 0 Å². The number of fused-ring (bicyclic) bond motifs is 3. The second-order valence-corrected chi connectivity index (χ2v) is 16.4. The molecule has 0 saturated carbocycles. The Morgan fingerprint density at radius 1 is 0.469 bits per heavy atom. The van der Waals surface area contributed by atoms with Gasteiger partial charge < -0.3 is 0 Å². The summed E-state index contributed by atoms with van der Waals surface area (Å²) in [6.45, 7) is 11.8. The number of hydrogen-bond acceptors (Lipinski definition) is 2. The zero-order valence-corrected chi connectivity index (χ0v) is 29.3. The molecular formula is C41H32F6S2. The highest BCUT2D eigenvalue weighted by Gasteiger charge is 2.38. The van der Waals surface area contributed by atoms with Crippen molar-refractivity contribution in [2.45, 2.75) is 57.8 Å². The van der Waals surface area contributed by atoms with Crippen LogP contribution >= 0.6 is 22.7 Å². The maximum atomic E-state index is 14.2. The standard InChI is InChI=1S/C41H32F6S2/c1-39(2,23-17-29(42)37(46)30(43)18-23)22-8-10-26-25-9-7-21(15-27(25)41(5,6)28(26)16-22)33-11-12-34(48-33)35-13-14-36(49-35)40(3,4)24-19-31(44)38(47)32(45)20-24/h7-20H,1-6H3. The molecule has 0 saturated heterocycles. The zero-order chi connectivity index (χ0) is 35.2. The molecule has 0 radical (unpaired) electrons. The Balaban J connectivity index is 1.18. The summed E-state index contributed by atoms with van der Waals surface area (Å²) in [4.78, 5) is 4.07. The van der Waals surface area contributed by atoms with E-state index in [1.165, 1.54) is 16.9 Å². The molecule has 0 bridgehead atoms. The summed E-state index contributed by atoms with van der Waals surface area (Å²) < 4.78 is 83.8. The maximum absolute atomic E-state index is 14.2. The van der Waals surface area contributed by atoms with Crippen molar-refractivity contribution in [1.82, 2.24) is 0 Å². The summed E-state index contributed by atoms with van der Waals surface area (Å²) >= 11 is 3.19. The lowest BCUT2D eigenvalue weighted by molar-refractivity contribution is 0.441. The molecule has 2 aromatic heterocycles. The molecule has 7 rings (SSSR count). The topological polar surface area (TPSA) is 0 Å².